The van der Waals surface area contributed by atoms with Crippen LogP contribution in [0.5, 0.6) is 5.75 Å². The Morgan fingerprint density at radius 1 is 0.882 bits per heavy atom. The molecule has 0 radical (unpaired) electrons. The predicted octanol–water partition coefficient (Wildman–Crippen LogP) is 3.43. The summed E-state index contributed by atoms with van der Waals surface area (Å²) in [5.74, 6) is 0.556. The van der Waals surface area contributed by atoms with Gasteiger partial charge in [-0.05, 0) is 31.3 Å². The Balaban J connectivity index is 1.47. The van der Waals surface area contributed by atoms with Gasteiger partial charge in [-0.2, -0.15) is 5.10 Å². The van der Waals surface area contributed by atoms with Gasteiger partial charge < -0.3 is 14.5 Å². The van der Waals surface area contributed by atoms with Gasteiger partial charge in [-0.3, -0.25) is 0 Å². The Morgan fingerprint density at radius 3 is 2.44 bits per heavy atom. The van der Waals surface area contributed by atoms with E-state index in [9.17, 15) is 8.78 Å². The smallest absolute Gasteiger partial charge is 0.167 e. The topological polar surface area (TPSA) is 72.2 Å². The van der Waals surface area contributed by atoms with Crippen LogP contribution in [0.25, 0.3) is 28.5 Å². The van der Waals surface area contributed by atoms with Crippen LogP contribution in [0.15, 0.2) is 55.0 Å². The van der Waals surface area contributed by atoms with Crippen molar-refractivity contribution in [2.24, 2.45) is 0 Å². The van der Waals surface area contributed by atoms with E-state index >= 15 is 0 Å². The number of rotatable bonds is 5. The highest BCUT2D eigenvalue weighted by molar-refractivity contribution is 5.68. The average molecular weight is 463 g/mol. The number of benzene rings is 1. The zero-order chi connectivity index (χ0) is 23.7. The molecule has 0 aliphatic carbocycles. The highest BCUT2D eigenvalue weighted by Crippen LogP contribution is 2.32. The molecule has 0 N–H and O–H groups in total. The van der Waals surface area contributed by atoms with Crippen molar-refractivity contribution in [3.8, 4) is 34.2 Å². The number of pyridine rings is 1. The van der Waals surface area contributed by atoms with Gasteiger partial charge >= 0.3 is 0 Å². The third kappa shape index (κ3) is 4.19. The molecule has 0 saturated carbocycles. The lowest BCUT2D eigenvalue weighted by Crippen LogP contribution is -2.44. The van der Waals surface area contributed by atoms with Crippen LogP contribution in [0.4, 0.5) is 14.6 Å². The summed E-state index contributed by atoms with van der Waals surface area (Å²) < 4.78 is 36.0. The Hall–Kier alpha value is -3.92. The molecule has 1 aliphatic rings. The summed E-state index contributed by atoms with van der Waals surface area (Å²) in [6.07, 6.45) is 4.16. The fourth-order valence-corrected chi connectivity index (χ4v) is 3.90. The van der Waals surface area contributed by atoms with Crippen molar-refractivity contribution in [2.75, 3.05) is 45.2 Å². The average Bonchev–Trinajstić information content (AvgIpc) is 3.35. The molecule has 0 atom stereocenters. The molecule has 1 aliphatic heterocycles. The van der Waals surface area contributed by atoms with Crippen LogP contribution in [0.2, 0.25) is 0 Å². The van der Waals surface area contributed by atoms with Crippen molar-refractivity contribution in [3.05, 3.63) is 66.6 Å². The normalized spacial score (nSPS) is 14.4. The maximum atomic E-state index is 14.7. The predicted molar refractivity (Wildman–Crippen MR) is 124 cm³/mol. The summed E-state index contributed by atoms with van der Waals surface area (Å²) >= 11 is 0. The lowest BCUT2D eigenvalue weighted by Gasteiger charge is -2.33. The molecule has 0 bridgehead atoms. The molecule has 1 aromatic carbocycles. The van der Waals surface area contributed by atoms with Gasteiger partial charge in [0, 0.05) is 37.9 Å². The summed E-state index contributed by atoms with van der Waals surface area (Å²) in [5, 5.41) is 4.36. The van der Waals surface area contributed by atoms with Crippen LogP contribution in [0.1, 0.15) is 0 Å². The molecule has 0 amide bonds. The van der Waals surface area contributed by atoms with Crippen molar-refractivity contribution in [1.82, 2.24) is 29.6 Å². The second kappa shape index (κ2) is 9.14. The largest absolute Gasteiger partial charge is 0.496 e. The third-order valence-corrected chi connectivity index (χ3v) is 5.80. The zero-order valence-corrected chi connectivity index (χ0v) is 18.8. The van der Waals surface area contributed by atoms with Gasteiger partial charge in [0.1, 0.15) is 23.1 Å². The quantitative estimate of drug-likeness (QED) is 0.449. The van der Waals surface area contributed by atoms with Crippen LogP contribution in [-0.2, 0) is 0 Å². The van der Waals surface area contributed by atoms with E-state index in [0.717, 1.165) is 38.2 Å². The van der Waals surface area contributed by atoms with E-state index in [-0.39, 0.29) is 22.8 Å². The van der Waals surface area contributed by atoms with Gasteiger partial charge in [0.25, 0.3) is 0 Å². The minimum absolute atomic E-state index is 0.0109. The molecule has 4 heterocycles. The van der Waals surface area contributed by atoms with E-state index in [1.165, 1.54) is 25.4 Å². The maximum Gasteiger partial charge on any atom is 0.167 e. The van der Waals surface area contributed by atoms with Crippen LogP contribution >= 0.6 is 0 Å². The van der Waals surface area contributed by atoms with Gasteiger partial charge in [0.05, 0.1) is 25.1 Å². The number of methoxy groups -OCH3 is 1. The van der Waals surface area contributed by atoms with Crippen LogP contribution < -0.4 is 9.64 Å². The lowest BCUT2D eigenvalue weighted by atomic mass is 10.1. The number of nitrogens with zero attached hydrogens (tertiary/aromatic N) is 7. The van der Waals surface area contributed by atoms with Crippen molar-refractivity contribution >= 4 is 5.82 Å². The third-order valence-electron chi connectivity index (χ3n) is 5.80. The Morgan fingerprint density at radius 2 is 1.65 bits per heavy atom. The van der Waals surface area contributed by atoms with Crippen molar-refractivity contribution in [3.63, 3.8) is 0 Å². The van der Waals surface area contributed by atoms with Crippen LogP contribution in [0, 0.1) is 11.6 Å². The highest BCUT2D eigenvalue weighted by Gasteiger charge is 2.19. The van der Waals surface area contributed by atoms with Crippen molar-refractivity contribution < 1.29 is 13.5 Å². The SMILES string of the molecule is COc1cccc(F)c1-c1ncc(F)c(-c2cnn(-c3cccc(N4CCN(C)CC4)n3)c2)n1. The number of likely N-dealkylation sites (N-methyl/N-ethyl adjacent to an activating group) is 1. The number of ether oxygens (including phenoxy) is 1. The van der Waals surface area contributed by atoms with E-state index in [4.69, 9.17) is 9.72 Å². The Labute approximate surface area is 195 Å². The second-order valence-corrected chi connectivity index (χ2v) is 8.03. The first-order chi connectivity index (χ1) is 16.5. The van der Waals surface area contributed by atoms with E-state index in [1.807, 2.05) is 18.2 Å². The number of piperazine rings is 1. The van der Waals surface area contributed by atoms with Gasteiger partial charge in [0.15, 0.2) is 17.5 Å². The van der Waals surface area contributed by atoms with E-state index < -0.39 is 11.6 Å². The lowest BCUT2D eigenvalue weighted by molar-refractivity contribution is 0.312. The van der Waals surface area contributed by atoms with Crippen LogP contribution in [0.3, 0.4) is 0 Å². The fourth-order valence-electron chi connectivity index (χ4n) is 3.90. The van der Waals surface area contributed by atoms with E-state index in [0.29, 0.717) is 11.4 Å². The molecule has 1 saturated heterocycles. The molecule has 4 aromatic rings. The molecule has 8 nitrogen and oxygen atoms in total. The first-order valence-corrected chi connectivity index (χ1v) is 10.8. The number of halogens is 2. The number of hydrogen-bond donors (Lipinski definition) is 0. The van der Waals surface area contributed by atoms with Gasteiger partial charge in [0.2, 0.25) is 0 Å². The maximum absolute atomic E-state index is 14.7. The molecule has 0 unspecified atom stereocenters. The van der Waals surface area contributed by atoms with Crippen LogP contribution in [-0.4, -0.2) is 70.0 Å². The molecule has 5 rings (SSSR count). The first-order valence-electron chi connectivity index (χ1n) is 10.8. The van der Waals surface area contributed by atoms with Gasteiger partial charge in [-0.25, -0.2) is 28.4 Å². The molecule has 174 valence electrons. The van der Waals surface area contributed by atoms with Crippen molar-refractivity contribution in [1.29, 1.82) is 0 Å². The summed E-state index contributed by atoms with van der Waals surface area (Å²) in [4.78, 5) is 17.5. The molecular formula is C24H23F2N7O. The minimum Gasteiger partial charge on any atom is -0.496 e. The molecule has 10 heteroatoms. The number of aromatic nitrogens is 5. The monoisotopic (exact) mass is 463 g/mol. The molecule has 3 aromatic heterocycles. The summed E-state index contributed by atoms with van der Waals surface area (Å²) in [7, 11) is 3.53. The van der Waals surface area contributed by atoms with E-state index in [1.54, 1.807) is 16.9 Å². The Kier molecular flexibility index (Phi) is 5.89. The first kappa shape index (κ1) is 21.9. The second-order valence-electron chi connectivity index (χ2n) is 8.03. The van der Waals surface area contributed by atoms with Gasteiger partial charge in [-0.15, -0.1) is 0 Å². The Bertz CT molecular complexity index is 1320. The van der Waals surface area contributed by atoms with Crippen molar-refractivity contribution in [2.45, 2.75) is 0 Å². The fraction of sp³-hybridized carbons (Fsp3) is 0.250. The number of hydrogen-bond acceptors (Lipinski definition) is 7. The zero-order valence-electron chi connectivity index (χ0n) is 18.8. The standard InChI is InChI=1S/C24H23F2N7O/c1-31-9-11-32(12-10-31)20-7-4-8-21(29-20)33-15-16(13-28-33)23-18(26)14-27-24(30-23)22-17(25)5-3-6-19(22)34-2/h3-8,13-15H,9-12H2,1-2H3. The van der Waals surface area contributed by atoms with E-state index in [2.05, 4.69) is 31.9 Å². The summed E-state index contributed by atoms with van der Waals surface area (Å²) in [6.45, 7) is 3.73. The molecule has 34 heavy (non-hydrogen) atoms. The summed E-state index contributed by atoms with van der Waals surface area (Å²) in [6, 6.07) is 10.1. The molecule has 1 fully saturated rings. The number of anilines is 1. The highest BCUT2D eigenvalue weighted by atomic mass is 19.1. The molecule has 0 spiro atoms. The minimum atomic E-state index is -0.641. The summed E-state index contributed by atoms with van der Waals surface area (Å²) in [5.41, 5.74) is 0.500. The van der Waals surface area contributed by atoms with Gasteiger partial charge in [-0.1, -0.05) is 12.1 Å². The molecular weight excluding hydrogens is 440 g/mol.